The van der Waals surface area contributed by atoms with Gasteiger partial charge in [0.1, 0.15) is 10.8 Å². The van der Waals surface area contributed by atoms with Crippen molar-refractivity contribution >= 4 is 40.0 Å². The van der Waals surface area contributed by atoms with E-state index in [9.17, 15) is 22.8 Å². The van der Waals surface area contributed by atoms with Gasteiger partial charge in [0.2, 0.25) is 0 Å². The highest BCUT2D eigenvalue weighted by Crippen LogP contribution is 2.30. The van der Waals surface area contributed by atoms with Crippen LogP contribution in [0.3, 0.4) is 0 Å². The van der Waals surface area contributed by atoms with Crippen LogP contribution in [0.4, 0.5) is 18.9 Å². The Morgan fingerprint density at radius 1 is 0.968 bits per heavy atom. The number of alkyl halides is 3. The number of pyridine rings is 1. The van der Waals surface area contributed by atoms with Crippen LogP contribution in [-0.2, 0) is 6.18 Å². The normalized spacial score (nSPS) is 11.5. The number of nitrogens with one attached hydrogen (secondary N) is 2. The van der Waals surface area contributed by atoms with Crippen LogP contribution in [0.15, 0.2) is 66.9 Å². The summed E-state index contributed by atoms with van der Waals surface area (Å²) in [6, 6.07) is 13.5. The van der Waals surface area contributed by atoms with E-state index < -0.39 is 17.6 Å². The third-order valence-electron chi connectivity index (χ3n) is 4.58. The highest BCUT2D eigenvalue weighted by atomic mass is 35.5. The Hall–Kier alpha value is -3.65. The third-order valence-corrected chi connectivity index (χ3v) is 4.79. The minimum Gasteiger partial charge on any atom is -0.345 e. The van der Waals surface area contributed by atoms with Gasteiger partial charge >= 0.3 is 6.18 Å². The lowest BCUT2D eigenvalue weighted by molar-refractivity contribution is -0.137. The molecule has 5 nitrogen and oxygen atoms in total. The molecule has 2 aromatic heterocycles. The zero-order chi connectivity index (χ0) is 22.2. The van der Waals surface area contributed by atoms with E-state index in [1.165, 1.54) is 18.3 Å². The monoisotopic (exact) mass is 443 g/mol. The van der Waals surface area contributed by atoms with Crippen molar-refractivity contribution in [3.8, 4) is 0 Å². The Bertz CT molecular complexity index is 1310. The molecule has 4 rings (SSSR count). The summed E-state index contributed by atoms with van der Waals surface area (Å²) in [5.74, 6) is -1.04. The first-order valence-corrected chi connectivity index (χ1v) is 9.37. The van der Waals surface area contributed by atoms with Crippen molar-refractivity contribution in [3.05, 3.63) is 94.3 Å². The molecule has 0 bridgehead atoms. The molecule has 0 fully saturated rings. The SMILES string of the molecule is O=C(Nc1cccc(C(=O)c2c[nH]c3nc(Cl)ccc23)c1)c1cccc(C(F)(F)F)c1. The Morgan fingerprint density at radius 2 is 1.71 bits per heavy atom. The van der Waals surface area contributed by atoms with Crippen molar-refractivity contribution in [3.63, 3.8) is 0 Å². The molecule has 9 heteroatoms. The molecule has 0 aliphatic carbocycles. The second-order valence-corrected chi connectivity index (χ2v) is 7.06. The molecule has 0 spiro atoms. The Labute approximate surface area is 178 Å². The van der Waals surface area contributed by atoms with Gasteiger partial charge in [-0.25, -0.2) is 4.98 Å². The van der Waals surface area contributed by atoms with E-state index in [1.807, 2.05) is 0 Å². The number of rotatable bonds is 4. The first-order valence-electron chi connectivity index (χ1n) is 8.99. The number of anilines is 1. The number of nitrogens with zero attached hydrogens (tertiary/aromatic N) is 1. The number of carbonyl (C=O) groups is 2. The van der Waals surface area contributed by atoms with Gasteiger partial charge in [0, 0.05) is 34.0 Å². The predicted octanol–water partition coefficient (Wildman–Crippen LogP) is 5.72. The number of benzene rings is 2. The van der Waals surface area contributed by atoms with E-state index in [1.54, 1.807) is 30.3 Å². The predicted molar refractivity (Wildman–Crippen MR) is 110 cm³/mol. The molecule has 0 radical (unpaired) electrons. The number of carbonyl (C=O) groups excluding carboxylic acids is 2. The number of hydrogen-bond donors (Lipinski definition) is 2. The second-order valence-electron chi connectivity index (χ2n) is 6.68. The van der Waals surface area contributed by atoms with Gasteiger partial charge in [-0.05, 0) is 42.5 Å². The number of aromatic amines is 1. The van der Waals surface area contributed by atoms with Gasteiger partial charge in [0.05, 0.1) is 5.56 Å². The minimum absolute atomic E-state index is 0.147. The molecule has 0 saturated heterocycles. The largest absolute Gasteiger partial charge is 0.416 e. The maximum Gasteiger partial charge on any atom is 0.416 e. The second kappa shape index (κ2) is 7.88. The van der Waals surface area contributed by atoms with E-state index in [4.69, 9.17) is 11.6 Å². The molecular weight excluding hydrogens is 431 g/mol. The van der Waals surface area contributed by atoms with Gasteiger partial charge in [0.25, 0.3) is 5.91 Å². The van der Waals surface area contributed by atoms with Crippen LogP contribution in [0.1, 0.15) is 31.8 Å². The van der Waals surface area contributed by atoms with E-state index in [0.29, 0.717) is 16.6 Å². The topological polar surface area (TPSA) is 74.8 Å². The maximum atomic E-state index is 13.0. The Kier molecular flexibility index (Phi) is 5.24. The summed E-state index contributed by atoms with van der Waals surface area (Å²) in [5.41, 5.74) is 0.334. The lowest BCUT2D eigenvalue weighted by Gasteiger charge is -2.10. The van der Waals surface area contributed by atoms with Crippen molar-refractivity contribution in [1.29, 1.82) is 0 Å². The van der Waals surface area contributed by atoms with Crippen molar-refractivity contribution < 1.29 is 22.8 Å². The molecule has 4 aromatic rings. The van der Waals surface area contributed by atoms with Crippen LogP contribution in [0.2, 0.25) is 5.15 Å². The van der Waals surface area contributed by atoms with Gasteiger partial charge in [-0.3, -0.25) is 9.59 Å². The quantitative estimate of drug-likeness (QED) is 0.313. The number of halogens is 4. The zero-order valence-corrected chi connectivity index (χ0v) is 16.4. The number of hydrogen-bond acceptors (Lipinski definition) is 3. The van der Waals surface area contributed by atoms with Crippen molar-refractivity contribution in [2.45, 2.75) is 6.18 Å². The first kappa shape index (κ1) is 20.6. The molecule has 0 aliphatic rings. The molecule has 156 valence electrons. The lowest BCUT2D eigenvalue weighted by atomic mass is 10.0. The molecule has 31 heavy (non-hydrogen) atoms. The number of ketones is 1. The average molecular weight is 444 g/mol. The van der Waals surface area contributed by atoms with Crippen molar-refractivity contribution in [2.24, 2.45) is 0 Å². The van der Waals surface area contributed by atoms with E-state index in [0.717, 1.165) is 18.2 Å². The summed E-state index contributed by atoms with van der Waals surface area (Å²) < 4.78 is 38.7. The molecule has 2 heterocycles. The highest BCUT2D eigenvalue weighted by molar-refractivity contribution is 6.30. The summed E-state index contributed by atoms with van der Waals surface area (Å²) >= 11 is 5.86. The number of aromatic nitrogens is 2. The minimum atomic E-state index is -4.55. The summed E-state index contributed by atoms with van der Waals surface area (Å²) in [5, 5.41) is 3.40. The highest BCUT2D eigenvalue weighted by Gasteiger charge is 2.30. The lowest BCUT2D eigenvalue weighted by Crippen LogP contribution is -2.14. The summed E-state index contributed by atoms with van der Waals surface area (Å²) in [6.45, 7) is 0. The molecule has 0 atom stereocenters. The fraction of sp³-hybridized carbons (Fsp3) is 0.0455. The van der Waals surface area contributed by atoms with Gasteiger partial charge in [-0.1, -0.05) is 29.8 Å². The van der Waals surface area contributed by atoms with Crippen LogP contribution >= 0.6 is 11.6 Å². The zero-order valence-electron chi connectivity index (χ0n) is 15.6. The average Bonchev–Trinajstić information content (AvgIpc) is 3.16. The maximum absolute atomic E-state index is 13.0. The van der Waals surface area contributed by atoms with Gasteiger partial charge in [-0.2, -0.15) is 13.2 Å². The number of fused-ring (bicyclic) bond motifs is 1. The molecular formula is C22H13ClF3N3O2. The van der Waals surface area contributed by atoms with Crippen LogP contribution in [0.25, 0.3) is 11.0 Å². The molecule has 2 aromatic carbocycles. The van der Waals surface area contributed by atoms with E-state index >= 15 is 0 Å². The van der Waals surface area contributed by atoms with Crippen LogP contribution < -0.4 is 5.32 Å². The van der Waals surface area contributed by atoms with Crippen molar-refractivity contribution in [1.82, 2.24) is 9.97 Å². The fourth-order valence-electron chi connectivity index (χ4n) is 3.10. The molecule has 0 aliphatic heterocycles. The standard InChI is InChI=1S/C22H13ClF3N3O2/c23-18-8-7-16-17(11-27-20(16)29-18)19(30)12-3-2-6-15(10-12)28-21(31)13-4-1-5-14(9-13)22(24,25)26/h1-11H,(H,27,29)(H,28,31). The molecule has 0 unspecified atom stereocenters. The van der Waals surface area contributed by atoms with Gasteiger partial charge in [-0.15, -0.1) is 0 Å². The van der Waals surface area contributed by atoms with Crippen molar-refractivity contribution in [2.75, 3.05) is 5.32 Å². The molecule has 1 amide bonds. The molecule has 0 saturated carbocycles. The van der Waals surface area contributed by atoms with Crippen LogP contribution in [0.5, 0.6) is 0 Å². The fourth-order valence-corrected chi connectivity index (χ4v) is 3.25. The van der Waals surface area contributed by atoms with Gasteiger partial charge in [0.15, 0.2) is 5.78 Å². The van der Waals surface area contributed by atoms with Gasteiger partial charge < -0.3 is 10.3 Å². The van der Waals surface area contributed by atoms with Crippen LogP contribution in [-0.4, -0.2) is 21.7 Å². The third kappa shape index (κ3) is 4.29. The number of H-pyrrole nitrogens is 1. The summed E-state index contributed by atoms with van der Waals surface area (Å²) in [7, 11) is 0. The molecule has 2 N–H and O–H groups in total. The first-order chi connectivity index (χ1) is 14.7. The smallest absolute Gasteiger partial charge is 0.345 e. The Balaban J connectivity index is 1.58. The van der Waals surface area contributed by atoms with E-state index in [2.05, 4.69) is 15.3 Å². The summed E-state index contributed by atoms with van der Waals surface area (Å²) in [4.78, 5) is 32.4. The summed E-state index contributed by atoms with van der Waals surface area (Å²) in [6.07, 6.45) is -3.04. The Morgan fingerprint density at radius 3 is 2.48 bits per heavy atom. The van der Waals surface area contributed by atoms with E-state index in [-0.39, 0.29) is 27.8 Å². The van der Waals surface area contributed by atoms with Crippen LogP contribution in [0, 0.1) is 0 Å². The number of amides is 1.